The Balaban J connectivity index is 1.55. The molecule has 33 heavy (non-hydrogen) atoms. The summed E-state index contributed by atoms with van der Waals surface area (Å²) in [6.45, 7) is 4.47. The molecule has 1 heterocycles. The fourth-order valence-corrected chi connectivity index (χ4v) is 4.81. The van der Waals surface area contributed by atoms with Gasteiger partial charge in [-0.05, 0) is 60.7 Å². The summed E-state index contributed by atoms with van der Waals surface area (Å²) in [5.74, 6) is 0.690. The molecule has 4 heteroatoms. The highest BCUT2D eigenvalue weighted by molar-refractivity contribution is 6.01. The van der Waals surface area contributed by atoms with Gasteiger partial charge in [-0.3, -0.25) is 4.79 Å². The van der Waals surface area contributed by atoms with Gasteiger partial charge in [0, 0.05) is 34.7 Å². The van der Waals surface area contributed by atoms with Crippen molar-refractivity contribution in [1.82, 2.24) is 5.32 Å². The minimum atomic E-state index is -0.0381. The maximum atomic E-state index is 12.6. The van der Waals surface area contributed by atoms with Gasteiger partial charge in [-0.15, -0.1) is 0 Å². The maximum absolute atomic E-state index is 12.6. The molecule has 1 aromatic heterocycles. The van der Waals surface area contributed by atoms with E-state index in [1.807, 2.05) is 19.9 Å². The van der Waals surface area contributed by atoms with Gasteiger partial charge in [0.2, 0.25) is 5.91 Å². The summed E-state index contributed by atoms with van der Waals surface area (Å²) in [5.41, 5.74) is 4.69. The standard InChI is InChI=1S/C29H29NO3/c1-3-32-27-17-28-25(16-24(27)19(2)14-29(31)30-23-10-6-7-11-23)26(18-33-28)22-13-12-20-8-4-5-9-21(20)15-22/h4-5,8-9,12-18,23H,3,6-7,10-11H2,1-2H3,(H,30,31)/b19-14+. The van der Waals surface area contributed by atoms with E-state index < -0.39 is 0 Å². The van der Waals surface area contributed by atoms with E-state index in [2.05, 4.69) is 53.8 Å². The summed E-state index contributed by atoms with van der Waals surface area (Å²) in [5, 5.41) is 6.55. The Morgan fingerprint density at radius 2 is 1.88 bits per heavy atom. The minimum Gasteiger partial charge on any atom is -0.493 e. The lowest BCUT2D eigenvalue weighted by Gasteiger charge is -2.13. The Hall–Kier alpha value is -3.53. The molecule has 3 aromatic carbocycles. The van der Waals surface area contributed by atoms with Crippen LogP contribution in [0.15, 0.2) is 71.4 Å². The van der Waals surface area contributed by atoms with Gasteiger partial charge in [-0.25, -0.2) is 0 Å². The number of amides is 1. The topological polar surface area (TPSA) is 51.5 Å². The molecule has 0 bridgehead atoms. The molecule has 1 N–H and O–H groups in total. The normalized spacial score (nSPS) is 14.8. The molecule has 0 saturated heterocycles. The summed E-state index contributed by atoms with van der Waals surface area (Å²) in [6, 6.07) is 19.1. The molecule has 1 aliphatic rings. The van der Waals surface area contributed by atoms with Crippen molar-refractivity contribution < 1.29 is 13.9 Å². The Morgan fingerprint density at radius 1 is 1.09 bits per heavy atom. The summed E-state index contributed by atoms with van der Waals surface area (Å²) >= 11 is 0. The molecule has 4 aromatic rings. The lowest BCUT2D eigenvalue weighted by atomic mass is 9.97. The van der Waals surface area contributed by atoms with Crippen molar-refractivity contribution in [2.45, 2.75) is 45.6 Å². The zero-order valence-corrected chi connectivity index (χ0v) is 19.2. The van der Waals surface area contributed by atoms with Crippen LogP contribution in [-0.4, -0.2) is 18.6 Å². The van der Waals surface area contributed by atoms with Gasteiger partial charge >= 0.3 is 0 Å². The van der Waals surface area contributed by atoms with Gasteiger partial charge in [0.25, 0.3) is 0 Å². The third-order valence-corrected chi connectivity index (χ3v) is 6.51. The Bertz CT molecular complexity index is 1340. The second kappa shape index (κ2) is 9.14. The van der Waals surface area contributed by atoms with Crippen LogP contribution in [-0.2, 0) is 4.79 Å². The number of hydrogen-bond acceptors (Lipinski definition) is 3. The zero-order valence-electron chi connectivity index (χ0n) is 19.2. The SMILES string of the molecule is CCOc1cc2occ(-c3ccc4ccccc4c3)c2cc1/C(C)=C/C(=O)NC1CCCC1. The van der Waals surface area contributed by atoms with Crippen molar-refractivity contribution in [3.63, 3.8) is 0 Å². The number of benzene rings is 3. The number of hydrogen-bond donors (Lipinski definition) is 1. The van der Waals surface area contributed by atoms with Crippen LogP contribution in [0.2, 0.25) is 0 Å². The highest BCUT2D eigenvalue weighted by Crippen LogP contribution is 2.38. The maximum Gasteiger partial charge on any atom is 0.244 e. The lowest BCUT2D eigenvalue weighted by Crippen LogP contribution is -2.31. The van der Waals surface area contributed by atoms with E-state index >= 15 is 0 Å². The van der Waals surface area contributed by atoms with Crippen molar-refractivity contribution >= 4 is 33.2 Å². The lowest BCUT2D eigenvalue weighted by molar-refractivity contribution is -0.117. The number of fused-ring (bicyclic) bond motifs is 2. The van der Waals surface area contributed by atoms with E-state index in [1.54, 1.807) is 12.3 Å². The Morgan fingerprint density at radius 3 is 2.67 bits per heavy atom. The van der Waals surface area contributed by atoms with Crippen molar-refractivity contribution in [3.8, 4) is 16.9 Å². The van der Waals surface area contributed by atoms with Crippen LogP contribution in [0.3, 0.4) is 0 Å². The predicted octanol–water partition coefficient (Wildman–Crippen LogP) is 7.11. The molecule has 4 nitrogen and oxygen atoms in total. The number of ether oxygens (including phenoxy) is 1. The van der Waals surface area contributed by atoms with E-state index in [0.717, 1.165) is 51.8 Å². The zero-order chi connectivity index (χ0) is 22.8. The van der Waals surface area contributed by atoms with Crippen LogP contribution < -0.4 is 10.1 Å². The number of nitrogens with one attached hydrogen (secondary N) is 1. The van der Waals surface area contributed by atoms with Gasteiger partial charge in [0.05, 0.1) is 12.9 Å². The molecule has 1 fully saturated rings. The van der Waals surface area contributed by atoms with Crippen molar-refractivity contribution in [2.75, 3.05) is 6.61 Å². The van der Waals surface area contributed by atoms with Crippen LogP contribution in [0.5, 0.6) is 5.75 Å². The van der Waals surface area contributed by atoms with Gasteiger partial charge < -0.3 is 14.5 Å². The van der Waals surface area contributed by atoms with Crippen LogP contribution >= 0.6 is 0 Å². The van der Waals surface area contributed by atoms with E-state index in [4.69, 9.17) is 9.15 Å². The van der Waals surface area contributed by atoms with Crippen LogP contribution in [0.25, 0.3) is 38.4 Å². The molecule has 0 atom stereocenters. The second-order valence-electron chi connectivity index (χ2n) is 8.81. The van der Waals surface area contributed by atoms with Crippen molar-refractivity contribution in [3.05, 3.63) is 72.5 Å². The van der Waals surface area contributed by atoms with Crippen LogP contribution in [0, 0.1) is 0 Å². The molecule has 1 saturated carbocycles. The molecule has 168 valence electrons. The molecule has 0 spiro atoms. The fraction of sp³-hybridized carbons (Fsp3) is 0.276. The van der Waals surface area contributed by atoms with Crippen molar-refractivity contribution in [2.24, 2.45) is 0 Å². The van der Waals surface area contributed by atoms with E-state index in [0.29, 0.717) is 12.6 Å². The number of rotatable bonds is 6. The van der Waals surface area contributed by atoms with Crippen molar-refractivity contribution in [1.29, 1.82) is 0 Å². The largest absolute Gasteiger partial charge is 0.493 e. The predicted molar refractivity (Wildman–Crippen MR) is 134 cm³/mol. The summed E-state index contributed by atoms with van der Waals surface area (Å²) in [6.07, 6.45) is 8.02. The number of carbonyl (C=O) groups excluding carboxylic acids is 1. The van der Waals surface area contributed by atoms with E-state index in [1.165, 1.54) is 23.6 Å². The molecule has 5 rings (SSSR count). The molecule has 0 unspecified atom stereocenters. The Kier molecular flexibility index (Phi) is 5.91. The molecule has 0 aliphatic heterocycles. The third-order valence-electron chi connectivity index (χ3n) is 6.51. The smallest absolute Gasteiger partial charge is 0.244 e. The fourth-order valence-electron chi connectivity index (χ4n) is 4.81. The number of carbonyl (C=O) groups is 1. The Labute approximate surface area is 194 Å². The van der Waals surface area contributed by atoms with Crippen LogP contribution in [0.1, 0.15) is 45.1 Å². The second-order valence-corrected chi connectivity index (χ2v) is 8.81. The van der Waals surface area contributed by atoms with E-state index in [-0.39, 0.29) is 5.91 Å². The highest BCUT2D eigenvalue weighted by atomic mass is 16.5. The van der Waals surface area contributed by atoms with Gasteiger partial charge in [0.1, 0.15) is 11.3 Å². The summed E-state index contributed by atoms with van der Waals surface area (Å²) < 4.78 is 11.8. The minimum absolute atomic E-state index is 0.0381. The number of allylic oxidation sites excluding steroid dienone is 1. The first-order valence-corrected chi connectivity index (χ1v) is 11.8. The summed E-state index contributed by atoms with van der Waals surface area (Å²) in [4.78, 5) is 12.6. The summed E-state index contributed by atoms with van der Waals surface area (Å²) in [7, 11) is 0. The molecular formula is C29H29NO3. The number of furan rings is 1. The first-order valence-electron chi connectivity index (χ1n) is 11.8. The molecule has 1 amide bonds. The van der Waals surface area contributed by atoms with E-state index in [9.17, 15) is 4.79 Å². The third kappa shape index (κ3) is 4.38. The average molecular weight is 440 g/mol. The van der Waals surface area contributed by atoms with Gasteiger partial charge in [-0.1, -0.05) is 49.2 Å². The van der Waals surface area contributed by atoms with Crippen LogP contribution in [0.4, 0.5) is 0 Å². The first-order chi connectivity index (χ1) is 16.1. The average Bonchev–Trinajstić information content (AvgIpc) is 3.48. The van der Waals surface area contributed by atoms with Gasteiger partial charge in [-0.2, -0.15) is 0 Å². The molecule has 1 aliphatic carbocycles. The monoisotopic (exact) mass is 439 g/mol. The highest BCUT2D eigenvalue weighted by Gasteiger charge is 2.18. The molecule has 0 radical (unpaired) electrons. The first kappa shape index (κ1) is 21.3. The molecular weight excluding hydrogens is 410 g/mol. The van der Waals surface area contributed by atoms with Gasteiger partial charge in [0.15, 0.2) is 0 Å². The quantitative estimate of drug-likeness (QED) is 0.326.